The summed E-state index contributed by atoms with van der Waals surface area (Å²) in [6.45, 7) is 3.46. The normalized spacial score (nSPS) is 10.5. The Hall–Kier alpha value is -2.13. The number of rotatable bonds is 6. The second kappa shape index (κ2) is 6.71. The fourth-order valence-electron chi connectivity index (χ4n) is 1.39. The number of benzene rings is 1. The first-order valence-electron chi connectivity index (χ1n) is 5.60. The summed E-state index contributed by atoms with van der Waals surface area (Å²) in [6, 6.07) is 8.10. The molecular weight excluding hydrogens is 264 g/mol. The van der Waals surface area contributed by atoms with Crippen LogP contribution in [-0.4, -0.2) is 14.3 Å². The summed E-state index contributed by atoms with van der Waals surface area (Å²) >= 11 is 0. The van der Waals surface area contributed by atoms with Gasteiger partial charge in [-0.15, -0.1) is 6.58 Å². The van der Waals surface area contributed by atoms with Crippen molar-refractivity contribution >= 4 is 15.9 Å². The number of nitrogens with one attached hydrogen (secondary N) is 1. The van der Waals surface area contributed by atoms with Crippen LogP contribution in [0.15, 0.2) is 36.9 Å². The first-order valence-corrected chi connectivity index (χ1v) is 7.25. The Morgan fingerprint density at radius 2 is 2.00 bits per heavy atom. The predicted molar refractivity (Wildman–Crippen MR) is 71.4 cm³/mol. The lowest BCUT2D eigenvalue weighted by molar-refractivity contribution is -0.119. The second-order valence-corrected chi connectivity index (χ2v) is 5.64. The van der Waals surface area contributed by atoms with Crippen molar-refractivity contribution in [3.05, 3.63) is 48.0 Å². The van der Waals surface area contributed by atoms with Crippen LogP contribution in [0.2, 0.25) is 0 Å². The molecule has 0 atom stereocenters. The Kier molecular flexibility index (Phi) is 5.27. The van der Waals surface area contributed by atoms with Gasteiger partial charge in [-0.1, -0.05) is 18.2 Å². The third kappa shape index (κ3) is 5.36. The molecule has 1 aromatic carbocycles. The minimum atomic E-state index is -3.70. The first kappa shape index (κ1) is 14.9. The molecule has 0 aromatic heterocycles. The highest BCUT2D eigenvalue weighted by Crippen LogP contribution is 2.07. The van der Waals surface area contributed by atoms with Crippen LogP contribution < -0.4 is 4.72 Å². The summed E-state index contributed by atoms with van der Waals surface area (Å²) in [5.41, 5.74) is 0.971. The van der Waals surface area contributed by atoms with E-state index in [0.29, 0.717) is 17.5 Å². The van der Waals surface area contributed by atoms with Gasteiger partial charge in [0.25, 0.3) is 0 Å². The Bertz CT molecular complexity index is 598. The maximum Gasteiger partial charge on any atom is 0.239 e. The van der Waals surface area contributed by atoms with Crippen LogP contribution in [0, 0.1) is 11.3 Å². The van der Waals surface area contributed by atoms with Crippen molar-refractivity contribution in [3.8, 4) is 6.07 Å². The zero-order chi connectivity index (χ0) is 14.3. The van der Waals surface area contributed by atoms with E-state index in [9.17, 15) is 13.2 Å². The maximum absolute atomic E-state index is 11.7. The Morgan fingerprint density at radius 1 is 1.37 bits per heavy atom. The van der Waals surface area contributed by atoms with Crippen molar-refractivity contribution in [2.45, 2.75) is 18.6 Å². The Morgan fingerprint density at radius 3 is 2.53 bits per heavy atom. The predicted octanol–water partition coefficient (Wildman–Crippen LogP) is 1.47. The van der Waals surface area contributed by atoms with Gasteiger partial charge in [-0.3, -0.25) is 9.52 Å². The van der Waals surface area contributed by atoms with E-state index >= 15 is 0 Å². The molecule has 0 aliphatic carbocycles. The number of nitriles is 1. The largest absolute Gasteiger partial charge is 0.274 e. The van der Waals surface area contributed by atoms with E-state index < -0.39 is 15.9 Å². The summed E-state index contributed by atoms with van der Waals surface area (Å²) < 4.78 is 25.4. The van der Waals surface area contributed by atoms with Crippen LogP contribution in [-0.2, 0) is 20.6 Å². The molecule has 0 heterocycles. The van der Waals surface area contributed by atoms with Crippen LogP contribution in [0.4, 0.5) is 0 Å². The number of carbonyl (C=O) groups is 1. The van der Waals surface area contributed by atoms with E-state index in [1.165, 1.54) is 12.1 Å². The van der Waals surface area contributed by atoms with E-state index in [-0.39, 0.29) is 12.2 Å². The molecule has 0 fully saturated rings. The summed E-state index contributed by atoms with van der Waals surface area (Å²) in [6.07, 6.45) is 2.07. The number of amides is 1. The van der Waals surface area contributed by atoms with Crippen LogP contribution in [0.25, 0.3) is 0 Å². The highest BCUT2D eigenvalue weighted by Gasteiger charge is 2.14. The lowest BCUT2D eigenvalue weighted by atomic mass is 10.2. The van der Waals surface area contributed by atoms with E-state index in [2.05, 4.69) is 6.58 Å². The third-order valence-electron chi connectivity index (χ3n) is 2.28. The third-order valence-corrected chi connectivity index (χ3v) is 3.54. The fraction of sp³-hybridized carbons (Fsp3) is 0.231. The van der Waals surface area contributed by atoms with Gasteiger partial charge in [-0.05, 0) is 24.1 Å². The van der Waals surface area contributed by atoms with Crippen molar-refractivity contribution in [2.75, 3.05) is 0 Å². The zero-order valence-corrected chi connectivity index (χ0v) is 11.1. The number of carbonyl (C=O) groups excluding carboxylic acids is 1. The molecule has 0 saturated carbocycles. The molecule has 0 aliphatic heterocycles. The van der Waals surface area contributed by atoms with Crippen molar-refractivity contribution in [3.63, 3.8) is 0 Å². The van der Waals surface area contributed by atoms with E-state index in [0.717, 1.165) is 0 Å². The maximum atomic E-state index is 11.7. The highest BCUT2D eigenvalue weighted by molar-refractivity contribution is 7.89. The van der Waals surface area contributed by atoms with Crippen LogP contribution >= 0.6 is 0 Å². The summed E-state index contributed by atoms with van der Waals surface area (Å²) in [5.74, 6) is -0.841. The number of sulfonamides is 1. The molecule has 0 saturated heterocycles. The lowest BCUT2D eigenvalue weighted by Gasteiger charge is -2.06. The van der Waals surface area contributed by atoms with Crippen molar-refractivity contribution in [2.24, 2.45) is 0 Å². The van der Waals surface area contributed by atoms with Gasteiger partial charge in [0.2, 0.25) is 15.9 Å². The molecule has 0 bridgehead atoms. The molecule has 5 nitrogen and oxygen atoms in total. The molecule has 100 valence electrons. The van der Waals surface area contributed by atoms with Crippen LogP contribution in [0.5, 0.6) is 0 Å². The zero-order valence-electron chi connectivity index (χ0n) is 10.3. The molecule has 1 amide bonds. The van der Waals surface area contributed by atoms with Crippen LogP contribution in [0.1, 0.15) is 24.0 Å². The van der Waals surface area contributed by atoms with E-state index in [1.807, 2.05) is 10.8 Å². The lowest BCUT2D eigenvalue weighted by Crippen LogP contribution is -2.31. The second-order valence-electron chi connectivity index (χ2n) is 3.92. The van der Waals surface area contributed by atoms with Gasteiger partial charge in [-0.2, -0.15) is 5.26 Å². The van der Waals surface area contributed by atoms with Crippen molar-refractivity contribution in [1.29, 1.82) is 5.26 Å². The average Bonchev–Trinajstić information content (AvgIpc) is 2.36. The van der Waals surface area contributed by atoms with E-state index in [1.54, 1.807) is 18.2 Å². The van der Waals surface area contributed by atoms with Gasteiger partial charge in [0.15, 0.2) is 0 Å². The standard InChI is InChI=1S/C13H14N2O3S/c1-2-3-4-13(16)15-19(17,18)10-12-7-5-11(9-14)6-8-12/h2,5-8H,1,3-4,10H2,(H,15,16). The molecule has 0 unspecified atom stereocenters. The molecular formula is C13H14N2O3S. The monoisotopic (exact) mass is 278 g/mol. The first-order chi connectivity index (χ1) is 8.96. The van der Waals surface area contributed by atoms with Crippen LogP contribution in [0.3, 0.4) is 0 Å². The molecule has 0 aliphatic rings. The number of nitrogens with zero attached hydrogens (tertiary/aromatic N) is 1. The van der Waals surface area contributed by atoms with Gasteiger partial charge in [0, 0.05) is 6.42 Å². The van der Waals surface area contributed by atoms with E-state index in [4.69, 9.17) is 5.26 Å². The molecule has 0 spiro atoms. The smallest absolute Gasteiger partial charge is 0.239 e. The molecule has 1 aromatic rings. The summed E-state index contributed by atoms with van der Waals surface area (Å²) in [5, 5.41) is 8.63. The molecule has 0 radical (unpaired) electrons. The molecule has 6 heteroatoms. The quantitative estimate of drug-likeness (QED) is 0.798. The highest BCUT2D eigenvalue weighted by atomic mass is 32.2. The Labute approximate surface area is 112 Å². The van der Waals surface area contributed by atoms with Gasteiger partial charge in [-0.25, -0.2) is 8.42 Å². The summed E-state index contributed by atoms with van der Waals surface area (Å²) in [7, 11) is -3.70. The SMILES string of the molecule is C=CCCC(=O)NS(=O)(=O)Cc1ccc(C#N)cc1. The Balaban J connectivity index is 2.66. The average molecular weight is 278 g/mol. The number of hydrogen-bond acceptors (Lipinski definition) is 4. The van der Waals surface area contributed by atoms with Crippen molar-refractivity contribution < 1.29 is 13.2 Å². The van der Waals surface area contributed by atoms with Gasteiger partial charge in [0.1, 0.15) is 0 Å². The molecule has 1 N–H and O–H groups in total. The van der Waals surface area contributed by atoms with Gasteiger partial charge in [0.05, 0.1) is 17.4 Å². The number of allylic oxidation sites excluding steroid dienone is 1. The molecule has 1 rings (SSSR count). The molecule has 19 heavy (non-hydrogen) atoms. The minimum Gasteiger partial charge on any atom is -0.274 e. The topological polar surface area (TPSA) is 87.0 Å². The number of hydrogen-bond donors (Lipinski definition) is 1. The van der Waals surface area contributed by atoms with Gasteiger partial charge < -0.3 is 0 Å². The summed E-state index contributed by atoms with van der Waals surface area (Å²) in [4.78, 5) is 11.3. The van der Waals surface area contributed by atoms with Crippen molar-refractivity contribution in [1.82, 2.24) is 4.72 Å². The van der Waals surface area contributed by atoms with Gasteiger partial charge >= 0.3 is 0 Å². The minimum absolute atomic E-state index is 0.0934. The fourth-order valence-corrected chi connectivity index (χ4v) is 2.54.